The zero-order valence-electron chi connectivity index (χ0n) is 16.1. The number of carbonyl (C=O) groups excluding carboxylic acids is 1. The zero-order valence-corrected chi connectivity index (χ0v) is 17.7. The molecule has 0 N–H and O–H groups in total. The molecule has 1 aromatic heterocycles. The minimum absolute atomic E-state index is 0.0238. The normalized spacial score (nSPS) is 10.7. The maximum Gasteiger partial charge on any atom is 0.246 e. The van der Waals surface area contributed by atoms with Gasteiger partial charge in [0.05, 0.1) is 13.7 Å². The lowest BCUT2D eigenvalue weighted by molar-refractivity contribution is -0.130. The third-order valence-electron chi connectivity index (χ3n) is 4.44. The van der Waals surface area contributed by atoms with Crippen molar-refractivity contribution in [1.29, 1.82) is 0 Å². The Morgan fingerprint density at radius 3 is 2.79 bits per heavy atom. The molecule has 0 unspecified atom stereocenters. The van der Waals surface area contributed by atoms with Crippen LogP contribution in [0.4, 0.5) is 0 Å². The number of aryl methyl sites for hydroxylation is 2. The van der Waals surface area contributed by atoms with Crippen molar-refractivity contribution in [3.05, 3.63) is 64.0 Å². The van der Waals surface area contributed by atoms with Gasteiger partial charge in [0, 0.05) is 23.5 Å². The number of amides is 1. The first-order valence-electron chi connectivity index (χ1n) is 8.92. The van der Waals surface area contributed by atoms with Crippen LogP contribution in [0.1, 0.15) is 23.4 Å². The Morgan fingerprint density at radius 2 is 2.07 bits per heavy atom. The highest BCUT2D eigenvalue weighted by Gasteiger charge is 2.15. The molecule has 0 saturated heterocycles. The van der Waals surface area contributed by atoms with Crippen molar-refractivity contribution >= 4 is 21.8 Å². The standard InChI is InChI=1S/C21H22BrN3O3/c1-14-11-15(7-9-18(14)27-3)8-10-20(26)25(2)13-19-23-21(24-28-19)16-5-4-6-17(22)12-16/h4-7,9,11-12H,8,10,13H2,1-3H3. The van der Waals surface area contributed by atoms with Crippen molar-refractivity contribution in [2.24, 2.45) is 0 Å². The molecule has 3 aromatic rings. The SMILES string of the molecule is COc1ccc(CCC(=O)N(C)Cc2nc(-c3cccc(Br)c3)no2)cc1C. The second kappa shape index (κ2) is 9.01. The van der Waals surface area contributed by atoms with Crippen LogP contribution in [-0.4, -0.2) is 35.1 Å². The molecular weight excluding hydrogens is 422 g/mol. The first-order chi connectivity index (χ1) is 13.5. The van der Waals surface area contributed by atoms with Crippen molar-refractivity contribution in [2.75, 3.05) is 14.2 Å². The van der Waals surface area contributed by atoms with Crippen LogP contribution in [0.2, 0.25) is 0 Å². The highest BCUT2D eigenvalue weighted by Crippen LogP contribution is 2.21. The van der Waals surface area contributed by atoms with Gasteiger partial charge in [-0.15, -0.1) is 0 Å². The summed E-state index contributed by atoms with van der Waals surface area (Å²) in [5.41, 5.74) is 3.02. The van der Waals surface area contributed by atoms with E-state index in [1.165, 1.54) is 0 Å². The molecule has 7 heteroatoms. The summed E-state index contributed by atoms with van der Waals surface area (Å²) in [7, 11) is 3.39. The quantitative estimate of drug-likeness (QED) is 0.540. The Kier molecular flexibility index (Phi) is 6.46. The predicted octanol–water partition coefficient (Wildman–Crippen LogP) is 4.41. The van der Waals surface area contributed by atoms with Gasteiger partial charge in [0.25, 0.3) is 0 Å². The molecule has 146 valence electrons. The summed E-state index contributed by atoms with van der Waals surface area (Å²) in [6.45, 7) is 2.27. The Hall–Kier alpha value is -2.67. The van der Waals surface area contributed by atoms with Gasteiger partial charge in [0.15, 0.2) is 0 Å². The number of methoxy groups -OCH3 is 1. The zero-order chi connectivity index (χ0) is 20.1. The van der Waals surface area contributed by atoms with E-state index < -0.39 is 0 Å². The molecule has 6 nitrogen and oxygen atoms in total. The van der Waals surface area contributed by atoms with Crippen molar-refractivity contribution in [3.8, 4) is 17.1 Å². The molecule has 28 heavy (non-hydrogen) atoms. The molecule has 0 aliphatic carbocycles. The monoisotopic (exact) mass is 443 g/mol. The Balaban J connectivity index is 1.56. The molecule has 0 saturated carbocycles. The van der Waals surface area contributed by atoms with Crippen LogP contribution in [-0.2, 0) is 17.8 Å². The molecule has 0 aliphatic rings. The average Bonchev–Trinajstić information content (AvgIpc) is 3.14. The number of rotatable bonds is 7. The van der Waals surface area contributed by atoms with Gasteiger partial charge in [0.2, 0.25) is 17.6 Å². The highest BCUT2D eigenvalue weighted by atomic mass is 79.9. The Bertz CT molecular complexity index is 971. The van der Waals surface area contributed by atoms with Crippen molar-refractivity contribution in [1.82, 2.24) is 15.0 Å². The number of ether oxygens (including phenoxy) is 1. The highest BCUT2D eigenvalue weighted by molar-refractivity contribution is 9.10. The fraction of sp³-hybridized carbons (Fsp3) is 0.286. The summed E-state index contributed by atoms with van der Waals surface area (Å²) < 4.78 is 11.5. The molecule has 3 rings (SSSR count). The molecule has 1 heterocycles. The molecule has 0 bridgehead atoms. The maximum atomic E-state index is 12.5. The molecule has 2 aromatic carbocycles. The van der Waals surface area contributed by atoms with Gasteiger partial charge in [0.1, 0.15) is 5.75 Å². The van der Waals surface area contributed by atoms with Crippen LogP contribution < -0.4 is 4.74 Å². The topological polar surface area (TPSA) is 68.5 Å². The minimum atomic E-state index is 0.0238. The van der Waals surface area contributed by atoms with E-state index in [9.17, 15) is 4.79 Å². The molecule has 0 atom stereocenters. The van der Waals surface area contributed by atoms with E-state index in [0.29, 0.717) is 24.6 Å². The summed E-state index contributed by atoms with van der Waals surface area (Å²) in [6.07, 6.45) is 1.08. The van der Waals surface area contributed by atoms with E-state index >= 15 is 0 Å². The number of nitrogens with zero attached hydrogens (tertiary/aromatic N) is 3. The number of hydrogen-bond donors (Lipinski definition) is 0. The van der Waals surface area contributed by atoms with Gasteiger partial charge in [-0.25, -0.2) is 0 Å². The second-order valence-corrected chi connectivity index (χ2v) is 7.49. The Morgan fingerprint density at radius 1 is 1.25 bits per heavy atom. The lowest BCUT2D eigenvalue weighted by atomic mass is 10.1. The molecule has 0 spiro atoms. The average molecular weight is 444 g/mol. The van der Waals surface area contributed by atoms with E-state index in [-0.39, 0.29) is 12.5 Å². The van der Waals surface area contributed by atoms with Crippen LogP contribution in [0, 0.1) is 6.92 Å². The predicted molar refractivity (Wildman–Crippen MR) is 110 cm³/mol. The van der Waals surface area contributed by atoms with Gasteiger partial charge in [-0.05, 0) is 42.7 Å². The summed E-state index contributed by atoms with van der Waals surface area (Å²) in [4.78, 5) is 18.4. The molecule has 1 amide bonds. The largest absolute Gasteiger partial charge is 0.496 e. The maximum absolute atomic E-state index is 12.5. The first kappa shape index (κ1) is 20.1. The van der Waals surface area contributed by atoms with Gasteiger partial charge >= 0.3 is 0 Å². The van der Waals surface area contributed by atoms with Gasteiger partial charge in [-0.2, -0.15) is 4.98 Å². The summed E-state index contributed by atoms with van der Waals surface area (Å²) in [5, 5.41) is 4.00. The van der Waals surface area contributed by atoms with Crippen molar-refractivity contribution < 1.29 is 14.1 Å². The number of aromatic nitrogens is 2. The lowest BCUT2D eigenvalue weighted by Gasteiger charge is -2.15. The lowest BCUT2D eigenvalue weighted by Crippen LogP contribution is -2.26. The third-order valence-corrected chi connectivity index (χ3v) is 4.93. The van der Waals surface area contributed by atoms with Crippen molar-refractivity contribution in [2.45, 2.75) is 26.3 Å². The number of hydrogen-bond acceptors (Lipinski definition) is 5. The van der Waals surface area contributed by atoms with Crippen LogP contribution in [0.5, 0.6) is 5.75 Å². The fourth-order valence-electron chi connectivity index (χ4n) is 2.89. The number of benzene rings is 2. The van der Waals surface area contributed by atoms with Crippen LogP contribution in [0.3, 0.4) is 0 Å². The number of halogens is 1. The van der Waals surface area contributed by atoms with Crippen LogP contribution >= 0.6 is 15.9 Å². The third kappa shape index (κ3) is 4.98. The minimum Gasteiger partial charge on any atom is -0.496 e. The van der Waals surface area contributed by atoms with Crippen LogP contribution in [0.15, 0.2) is 51.5 Å². The smallest absolute Gasteiger partial charge is 0.246 e. The van der Waals surface area contributed by atoms with E-state index in [0.717, 1.165) is 26.9 Å². The van der Waals surface area contributed by atoms with E-state index in [1.807, 2.05) is 49.4 Å². The first-order valence-corrected chi connectivity index (χ1v) is 9.71. The van der Waals surface area contributed by atoms with Gasteiger partial charge in [-0.3, -0.25) is 4.79 Å². The summed E-state index contributed by atoms with van der Waals surface area (Å²) in [6, 6.07) is 13.6. The molecular formula is C21H22BrN3O3. The van der Waals surface area contributed by atoms with E-state index in [1.54, 1.807) is 19.1 Å². The second-order valence-electron chi connectivity index (χ2n) is 6.58. The molecule has 0 fully saturated rings. The number of carbonyl (C=O) groups is 1. The summed E-state index contributed by atoms with van der Waals surface area (Å²) in [5.74, 6) is 1.79. The van der Waals surface area contributed by atoms with Crippen LogP contribution in [0.25, 0.3) is 11.4 Å². The van der Waals surface area contributed by atoms with Crippen molar-refractivity contribution in [3.63, 3.8) is 0 Å². The van der Waals surface area contributed by atoms with E-state index in [2.05, 4.69) is 26.1 Å². The molecule has 0 aliphatic heterocycles. The van der Waals surface area contributed by atoms with Gasteiger partial charge in [-0.1, -0.05) is 45.4 Å². The fourth-order valence-corrected chi connectivity index (χ4v) is 3.29. The van der Waals surface area contributed by atoms with Gasteiger partial charge < -0.3 is 14.2 Å². The molecule has 0 radical (unpaired) electrons. The van der Waals surface area contributed by atoms with E-state index in [4.69, 9.17) is 9.26 Å². The Labute approximate surface area is 172 Å². The summed E-state index contributed by atoms with van der Waals surface area (Å²) >= 11 is 3.43.